The highest BCUT2D eigenvalue weighted by atomic mass is 32.1. The first-order valence-corrected chi connectivity index (χ1v) is 7.19. The van der Waals surface area contributed by atoms with Crippen molar-refractivity contribution in [2.45, 2.75) is 46.2 Å². The van der Waals surface area contributed by atoms with Gasteiger partial charge in [-0.1, -0.05) is 17.7 Å². The molecule has 0 radical (unpaired) electrons. The van der Waals surface area contributed by atoms with E-state index < -0.39 is 0 Å². The summed E-state index contributed by atoms with van der Waals surface area (Å²) in [7, 11) is 0. The molecule has 2 aromatic rings. The molecule has 0 amide bonds. The van der Waals surface area contributed by atoms with Gasteiger partial charge in [-0.25, -0.2) is 0 Å². The summed E-state index contributed by atoms with van der Waals surface area (Å²) in [5, 5.41) is 5.08. The fraction of sp³-hybridized carbons (Fsp3) is 0.467. The lowest BCUT2D eigenvalue weighted by molar-refractivity contribution is 0.693. The van der Waals surface area contributed by atoms with E-state index in [0.29, 0.717) is 0 Å². The minimum absolute atomic E-state index is 0.794. The molecule has 1 nitrogen and oxygen atoms in total. The second-order valence-corrected chi connectivity index (χ2v) is 6.37. The first kappa shape index (κ1) is 11.2. The number of thiophene rings is 1. The van der Waals surface area contributed by atoms with Crippen molar-refractivity contribution in [2.24, 2.45) is 0 Å². The third-order valence-corrected chi connectivity index (χ3v) is 5.04. The van der Waals surface area contributed by atoms with Crippen LogP contribution in [0.15, 0.2) is 12.1 Å². The highest BCUT2D eigenvalue weighted by Crippen LogP contribution is 2.34. The first-order valence-electron chi connectivity index (χ1n) is 6.38. The number of rotatable bonds is 3. The quantitative estimate of drug-likeness (QED) is 0.859. The van der Waals surface area contributed by atoms with Gasteiger partial charge >= 0.3 is 0 Å². The number of hydrogen-bond acceptors (Lipinski definition) is 2. The van der Waals surface area contributed by atoms with Gasteiger partial charge in [0.2, 0.25) is 0 Å². The second-order valence-electron chi connectivity index (χ2n) is 5.26. The Morgan fingerprint density at radius 2 is 2.00 bits per heavy atom. The van der Waals surface area contributed by atoms with Gasteiger partial charge in [0.25, 0.3) is 0 Å². The van der Waals surface area contributed by atoms with E-state index in [-0.39, 0.29) is 0 Å². The Hall–Kier alpha value is -0.860. The standard InChI is InChI=1S/C15H19NS/c1-9-6-10(2)15-13(7-9)11(3)14(17-15)8-16-12-4-5-12/h6-7,12,16H,4-5,8H2,1-3H3. The predicted octanol–water partition coefficient (Wildman–Crippen LogP) is 4.08. The summed E-state index contributed by atoms with van der Waals surface area (Å²) in [6.45, 7) is 7.73. The smallest absolute Gasteiger partial charge is 0.0378 e. The van der Waals surface area contributed by atoms with E-state index in [2.05, 4.69) is 38.2 Å². The van der Waals surface area contributed by atoms with Gasteiger partial charge in [-0.3, -0.25) is 0 Å². The summed E-state index contributed by atoms with van der Waals surface area (Å²) < 4.78 is 1.47. The Morgan fingerprint density at radius 1 is 1.24 bits per heavy atom. The van der Waals surface area contributed by atoms with E-state index >= 15 is 0 Å². The van der Waals surface area contributed by atoms with Crippen molar-refractivity contribution in [1.82, 2.24) is 5.32 Å². The van der Waals surface area contributed by atoms with E-state index in [9.17, 15) is 0 Å². The Kier molecular flexibility index (Phi) is 2.72. The Morgan fingerprint density at radius 3 is 2.71 bits per heavy atom. The summed E-state index contributed by atoms with van der Waals surface area (Å²) in [4.78, 5) is 1.51. The van der Waals surface area contributed by atoms with Crippen LogP contribution >= 0.6 is 11.3 Å². The van der Waals surface area contributed by atoms with Crippen LogP contribution in [0.1, 0.15) is 34.4 Å². The molecular weight excluding hydrogens is 226 g/mol. The summed E-state index contributed by atoms with van der Waals surface area (Å²) in [6, 6.07) is 5.41. The maximum Gasteiger partial charge on any atom is 0.0378 e. The van der Waals surface area contributed by atoms with Crippen LogP contribution < -0.4 is 5.32 Å². The van der Waals surface area contributed by atoms with Gasteiger partial charge in [-0.2, -0.15) is 0 Å². The average molecular weight is 245 g/mol. The van der Waals surface area contributed by atoms with Gasteiger partial charge in [-0.05, 0) is 50.1 Å². The molecule has 0 unspecified atom stereocenters. The topological polar surface area (TPSA) is 12.0 Å². The molecule has 0 bridgehead atoms. The van der Waals surface area contributed by atoms with E-state index in [0.717, 1.165) is 12.6 Å². The van der Waals surface area contributed by atoms with Crippen LogP contribution in [0, 0.1) is 20.8 Å². The fourth-order valence-electron chi connectivity index (χ4n) is 2.41. The Labute approximate surface area is 107 Å². The van der Waals surface area contributed by atoms with Crippen molar-refractivity contribution >= 4 is 21.4 Å². The lowest BCUT2D eigenvalue weighted by atomic mass is 10.1. The number of nitrogens with one attached hydrogen (secondary N) is 1. The number of aryl methyl sites for hydroxylation is 3. The molecule has 0 saturated heterocycles. The van der Waals surface area contributed by atoms with Crippen molar-refractivity contribution in [2.75, 3.05) is 0 Å². The molecule has 3 rings (SSSR count). The molecule has 2 heteroatoms. The number of hydrogen-bond donors (Lipinski definition) is 1. The van der Waals surface area contributed by atoms with Crippen LogP contribution in [0.5, 0.6) is 0 Å². The summed E-state index contributed by atoms with van der Waals surface area (Å²) in [5.74, 6) is 0. The summed E-state index contributed by atoms with van der Waals surface area (Å²) in [5.41, 5.74) is 4.27. The lowest BCUT2D eigenvalue weighted by Gasteiger charge is -2.01. The Balaban J connectivity index is 2.01. The minimum atomic E-state index is 0.794. The zero-order valence-electron chi connectivity index (χ0n) is 10.8. The van der Waals surface area contributed by atoms with Crippen molar-refractivity contribution < 1.29 is 0 Å². The maximum absolute atomic E-state index is 3.62. The predicted molar refractivity (Wildman–Crippen MR) is 75.9 cm³/mol. The molecule has 1 aromatic carbocycles. The van der Waals surface area contributed by atoms with E-state index in [1.54, 1.807) is 0 Å². The number of fused-ring (bicyclic) bond motifs is 1. The zero-order chi connectivity index (χ0) is 12.0. The lowest BCUT2D eigenvalue weighted by Crippen LogP contribution is -2.14. The molecule has 1 fully saturated rings. The van der Waals surface area contributed by atoms with Crippen molar-refractivity contribution in [3.8, 4) is 0 Å². The van der Waals surface area contributed by atoms with Gasteiger partial charge in [-0.15, -0.1) is 11.3 Å². The molecule has 1 heterocycles. The van der Waals surface area contributed by atoms with Gasteiger partial charge in [0.1, 0.15) is 0 Å². The SMILES string of the molecule is Cc1cc(C)c2sc(CNC3CC3)c(C)c2c1. The molecular formula is C15H19NS. The molecule has 0 spiro atoms. The van der Waals surface area contributed by atoms with Crippen molar-refractivity contribution in [3.63, 3.8) is 0 Å². The highest BCUT2D eigenvalue weighted by Gasteiger charge is 2.21. The first-order chi connectivity index (χ1) is 8.15. The molecule has 1 aliphatic carbocycles. The van der Waals surface area contributed by atoms with Crippen LogP contribution in [0.4, 0.5) is 0 Å². The van der Waals surface area contributed by atoms with Crippen LogP contribution in [-0.4, -0.2) is 6.04 Å². The Bertz CT molecular complexity index is 564. The average Bonchev–Trinajstić information content (AvgIpc) is 3.04. The normalized spacial score (nSPS) is 15.7. The summed E-state index contributed by atoms with van der Waals surface area (Å²) >= 11 is 1.97. The van der Waals surface area contributed by atoms with Gasteiger partial charge < -0.3 is 5.32 Å². The third-order valence-electron chi connectivity index (χ3n) is 3.60. The minimum Gasteiger partial charge on any atom is -0.309 e. The monoisotopic (exact) mass is 245 g/mol. The third kappa shape index (κ3) is 2.12. The molecule has 17 heavy (non-hydrogen) atoms. The van der Waals surface area contributed by atoms with Gasteiger partial charge in [0, 0.05) is 22.2 Å². The molecule has 0 aliphatic heterocycles. The number of benzene rings is 1. The molecule has 0 atom stereocenters. The summed E-state index contributed by atoms with van der Waals surface area (Å²) in [6.07, 6.45) is 2.73. The molecule has 1 saturated carbocycles. The zero-order valence-corrected chi connectivity index (χ0v) is 11.6. The van der Waals surface area contributed by atoms with E-state index in [1.165, 1.54) is 44.5 Å². The van der Waals surface area contributed by atoms with Gasteiger partial charge in [0.05, 0.1) is 0 Å². The highest BCUT2D eigenvalue weighted by molar-refractivity contribution is 7.19. The van der Waals surface area contributed by atoms with E-state index in [1.807, 2.05) is 11.3 Å². The van der Waals surface area contributed by atoms with Crippen LogP contribution in [0.2, 0.25) is 0 Å². The van der Waals surface area contributed by atoms with E-state index in [4.69, 9.17) is 0 Å². The second kappa shape index (κ2) is 4.11. The largest absolute Gasteiger partial charge is 0.309 e. The van der Waals surface area contributed by atoms with Gasteiger partial charge in [0.15, 0.2) is 0 Å². The van der Waals surface area contributed by atoms with Crippen LogP contribution in [0.3, 0.4) is 0 Å². The maximum atomic E-state index is 3.62. The van der Waals surface area contributed by atoms with Crippen molar-refractivity contribution in [1.29, 1.82) is 0 Å². The molecule has 1 N–H and O–H groups in total. The van der Waals surface area contributed by atoms with Crippen LogP contribution in [0.25, 0.3) is 10.1 Å². The molecule has 1 aromatic heterocycles. The van der Waals surface area contributed by atoms with Crippen molar-refractivity contribution in [3.05, 3.63) is 33.7 Å². The van der Waals surface area contributed by atoms with Crippen LogP contribution in [-0.2, 0) is 6.54 Å². The molecule has 1 aliphatic rings. The fourth-order valence-corrected chi connectivity index (χ4v) is 3.62. The molecule has 90 valence electrons.